The van der Waals surface area contributed by atoms with Crippen LogP contribution in [-0.4, -0.2) is 33.5 Å². The molecule has 0 heterocycles. The van der Waals surface area contributed by atoms with E-state index in [1.54, 1.807) is 0 Å². The summed E-state index contributed by atoms with van der Waals surface area (Å²) in [6, 6.07) is 0. The Morgan fingerprint density at radius 2 is 0.543 bits per heavy atom. The molecule has 46 heavy (non-hydrogen) atoms. The van der Waals surface area contributed by atoms with Gasteiger partial charge in [0.25, 0.3) is 0 Å². The van der Waals surface area contributed by atoms with Crippen LogP contribution in [0.2, 0.25) is 0 Å². The van der Waals surface area contributed by atoms with Gasteiger partial charge in [0, 0.05) is 18.3 Å². The lowest BCUT2D eigenvalue weighted by atomic mass is 9.65. The highest BCUT2D eigenvalue weighted by Crippen LogP contribution is 2.50. The van der Waals surface area contributed by atoms with Gasteiger partial charge in [-0.25, -0.2) is 0 Å². The normalized spacial score (nSPS) is 23.1. The molecule has 3 rings (SSSR count). The Kier molecular flexibility index (Phi) is 16.5. The van der Waals surface area contributed by atoms with Crippen LogP contribution >= 0.6 is 0 Å². The summed E-state index contributed by atoms with van der Waals surface area (Å²) in [7, 11) is 0. The molecule has 3 aliphatic rings. The third kappa shape index (κ3) is 13.6. The van der Waals surface area contributed by atoms with Crippen molar-refractivity contribution in [3.8, 4) is 0 Å². The lowest BCUT2D eigenvalue weighted by Gasteiger charge is -2.45. The van der Waals surface area contributed by atoms with Crippen molar-refractivity contribution in [2.24, 2.45) is 51.8 Å². The minimum Gasteiger partial charge on any atom is -0.452 e. The van der Waals surface area contributed by atoms with E-state index < -0.39 is 15.1 Å². The molecule has 0 aliphatic heterocycles. The summed E-state index contributed by atoms with van der Waals surface area (Å²) < 4.78 is 21.2. The van der Waals surface area contributed by atoms with Crippen molar-refractivity contribution in [2.45, 2.75) is 217 Å². The summed E-state index contributed by atoms with van der Waals surface area (Å²) in [4.78, 5) is 0. The van der Waals surface area contributed by atoms with Crippen LogP contribution in [0.4, 0.5) is 0 Å². The lowest BCUT2D eigenvalue weighted by molar-refractivity contribution is -0.0497. The molecule has 0 aromatic heterocycles. The SMILES string of the molecule is CC(C)CC1(CC(C)C)CCC([O][Al]([O]C2CCC(CC(C)C)(CC(C)C)CC2)[O]C2CCC(CC(C)C)(CC(C)C)CC2)CC1. The molecule has 0 aromatic rings. The highest BCUT2D eigenvalue weighted by atomic mass is 27.3. The minimum absolute atomic E-state index is 0.318. The van der Waals surface area contributed by atoms with Gasteiger partial charge in [-0.2, -0.15) is 0 Å². The average molecular weight is 661 g/mol. The molecule has 0 bridgehead atoms. The van der Waals surface area contributed by atoms with E-state index in [-0.39, 0.29) is 0 Å². The summed E-state index contributed by atoms with van der Waals surface area (Å²) in [6.45, 7) is 29.0. The molecular weight excluding hydrogens is 579 g/mol. The standard InChI is InChI=1S/3C14H27O.Al/c3*1-11(2)9-14(10-12(3)4)7-5-13(15)6-8-14;/h3*11-13H,5-10H2,1-4H3;/q3*-1;+3. The second-order valence-electron chi connectivity index (χ2n) is 19.9. The number of hydrogen-bond donors (Lipinski definition) is 0. The van der Waals surface area contributed by atoms with Crippen molar-refractivity contribution in [3.63, 3.8) is 0 Å². The van der Waals surface area contributed by atoms with Gasteiger partial charge in [0.2, 0.25) is 0 Å². The number of rotatable bonds is 18. The smallest absolute Gasteiger partial charge is 0.452 e. The van der Waals surface area contributed by atoms with Crippen LogP contribution < -0.4 is 0 Å². The van der Waals surface area contributed by atoms with E-state index in [0.717, 1.165) is 35.5 Å². The maximum atomic E-state index is 7.06. The maximum Gasteiger partial charge on any atom is 0.906 e. The highest BCUT2D eigenvalue weighted by Gasteiger charge is 2.46. The fourth-order valence-electron chi connectivity index (χ4n) is 11.3. The first-order valence-electron chi connectivity index (χ1n) is 20.5. The molecule has 4 heteroatoms. The molecule has 0 amide bonds. The molecule has 0 N–H and O–H groups in total. The van der Waals surface area contributed by atoms with E-state index in [0.29, 0.717) is 34.6 Å². The Morgan fingerprint density at radius 3 is 0.696 bits per heavy atom. The Labute approximate surface area is 294 Å². The highest BCUT2D eigenvalue weighted by molar-refractivity contribution is 6.36. The summed E-state index contributed by atoms with van der Waals surface area (Å²) in [5.74, 6) is 4.58. The van der Waals surface area contributed by atoms with E-state index in [1.807, 2.05) is 0 Å². The van der Waals surface area contributed by atoms with E-state index in [2.05, 4.69) is 83.1 Å². The zero-order valence-electron chi connectivity index (χ0n) is 33.2. The molecule has 3 nitrogen and oxygen atoms in total. The molecule has 270 valence electrons. The quantitative estimate of drug-likeness (QED) is 0.137. The summed E-state index contributed by atoms with van der Waals surface area (Å²) >= 11 is -2.25. The van der Waals surface area contributed by atoms with Crippen molar-refractivity contribution in [1.29, 1.82) is 0 Å². The van der Waals surface area contributed by atoms with E-state index in [4.69, 9.17) is 11.4 Å². The van der Waals surface area contributed by atoms with Crippen LogP contribution in [0.3, 0.4) is 0 Å². The zero-order valence-corrected chi connectivity index (χ0v) is 34.4. The Balaban J connectivity index is 1.68. The van der Waals surface area contributed by atoms with Gasteiger partial charge in [-0.1, -0.05) is 83.1 Å². The van der Waals surface area contributed by atoms with Crippen molar-refractivity contribution in [2.75, 3.05) is 0 Å². The summed E-state index contributed by atoms with van der Waals surface area (Å²) in [5.41, 5.74) is 1.50. The Bertz CT molecular complexity index is 678. The van der Waals surface area contributed by atoms with Crippen molar-refractivity contribution in [3.05, 3.63) is 0 Å². The van der Waals surface area contributed by atoms with Crippen LogP contribution in [-0.2, 0) is 11.4 Å². The van der Waals surface area contributed by atoms with Crippen molar-refractivity contribution < 1.29 is 11.4 Å². The van der Waals surface area contributed by atoms with Crippen molar-refractivity contribution in [1.82, 2.24) is 0 Å². The predicted octanol–water partition coefficient (Wildman–Crippen LogP) is 13.1. The molecule has 3 saturated carbocycles. The molecule has 0 radical (unpaired) electrons. The first kappa shape index (κ1) is 40.8. The third-order valence-electron chi connectivity index (χ3n) is 11.9. The van der Waals surface area contributed by atoms with Crippen LogP contribution in [0.5, 0.6) is 0 Å². The van der Waals surface area contributed by atoms with Gasteiger partial charge < -0.3 is 11.4 Å². The van der Waals surface area contributed by atoms with Crippen LogP contribution in [0.25, 0.3) is 0 Å². The van der Waals surface area contributed by atoms with E-state index in [9.17, 15) is 0 Å². The summed E-state index contributed by atoms with van der Waals surface area (Å²) in [5, 5.41) is 0. The van der Waals surface area contributed by atoms with Crippen molar-refractivity contribution >= 4 is 15.1 Å². The monoisotopic (exact) mass is 661 g/mol. The van der Waals surface area contributed by atoms with Crippen LogP contribution in [0, 0.1) is 51.8 Å². The molecule has 3 aliphatic carbocycles. The predicted molar refractivity (Wildman–Crippen MR) is 200 cm³/mol. The molecular formula is C42H81AlO3. The Morgan fingerprint density at radius 1 is 0.370 bits per heavy atom. The Hall–Kier alpha value is 0.412. The molecule has 3 fully saturated rings. The van der Waals surface area contributed by atoms with Gasteiger partial charge in [0.15, 0.2) is 0 Å². The first-order chi connectivity index (χ1) is 21.5. The van der Waals surface area contributed by atoms with Gasteiger partial charge >= 0.3 is 15.1 Å². The van der Waals surface area contributed by atoms with Gasteiger partial charge in [-0.05, 0) is 167 Å². The molecule has 0 spiro atoms. The molecule has 0 unspecified atom stereocenters. The van der Waals surface area contributed by atoms with Crippen LogP contribution in [0.15, 0.2) is 0 Å². The topological polar surface area (TPSA) is 27.7 Å². The van der Waals surface area contributed by atoms with Gasteiger partial charge in [-0.3, -0.25) is 0 Å². The minimum atomic E-state index is -2.25. The molecule has 0 saturated heterocycles. The fraction of sp³-hybridized carbons (Fsp3) is 1.00. The second-order valence-corrected chi connectivity index (χ2v) is 21.3. The van der Waals surface area contributed by atoms with E-state index in [1.165, 1.54) is 116 Å². The first-order valence-corrected chi connectivity index (χ1v) is 21.9. The largest absolute Gasteiger partial charge is 0.906 e. The summed E-state index contributed by atoms with van der Waals surface area (Å²) in [6.07, 6.45) is 24.1. The van der Waals surface area contributed by atoms with E-state index >= 15 is 0 Å². The van der Waals surface area contributed by atoms with Crippen LogP contribution in [0.1, 0.15) is 199 Å². The lowest BCUT2D eigenvalue weighted by Crippen LogP contribution is -2.44. The third-order valence-corrected chi connectivity index (χ3v) is 13.8. The fourth-order valence-corrected chi connectivity index (χ4v) is 13.2. The zero-order chi connectivity index (χ0) is 34.1. The number of hydrogen-bond acceptors (Lipinski definition) is 3. The van der Waals surface area contributed by atoms with Gasteiger partial charge in [-0.15, -0.1) is 0 Å². The molecule has 0 atom stereocenters. The maximum absolute atomic E-state index is 7.06. The average Bonchev–Trinajstić information content (AvgIpc) is 2.90. The van der Waals surface area contributed by atoms with Gasteiger partial charge in [0.05, 0.1) is 0 Å². The van der Waals surface area contributed by atoms with Gasteiger partial charge in [0.1, 0.15) is 0 Å². The second kappa shape index (κ2) is 18.6. The molecule has 0 aromatic carbocycles.